The Balaban J connectivity index is 0. The first-order chi connectivity index (χ1) is 8.35. The fourth-order valence-electron chi connectivity index (χ4n) is 1.22. The monoisotopic (exact) mass is 373 g/mol. The number of nitrogens with one attached hydrogen (secondary N) is 2. The number of guanidine groups is 1. The molecule has 0 amide bonds. The lowest BCUT2D eigenvalue weighted by Gasteiger charge is -2.09. The van der Waals surface area contributed by atoms with Crippen molar-refractivity contribution in [2.75, 3.05) is 39.5 Å². The van der Waals surface area contributed by atoms with Crippen LogP contribution in [0.2, 0.25) is 0 Å². The lowest BCUT2D eigenvalue weighted by Crippen LogP contribution is -2.38. The maximum Gasteiger partial charge on any atom is 0.191 e. The van der Waals surface area contributed by atoms with Gasteiger partial charge in [-0.2, -0.15) is 0 Å². The van der Waals surface area contributed by atoms with E-state index in [1.54, 1.807) is 0 Å². The number of nitrogens with zero attached hydrogens (tertiary/aromatic N) is 1. The highest BCUT2D eigenvalue weighted by molar-refractivity contribution is 14.0. The molecular weight excluding hydrogens is 345 g/mol. The number of aliphatic hydroxyl groups excluding tert-OH is 1. The van der Waals surface area contributed by atoms with Crippen molar-refractivity contribution in [2.45, 2.75) is 33.1 Å². The number of halogens is 1. The van der Waals surface area contributed by atoms with Crippen LogP contribution in [0.5, 0.6) is 0 Å². The highest BCUT2D eigenvalue weighted by Crippen LogP contribution is 1.90. The summed E-state index contributed by atoms with van der Waals surface area (Å²) in [6.07, 6.45) is 3.23. The molecule has 0 spiro atoms. The molecule has 3 N–H and O–H groups in total. The van der Waals surface area contributed by atoms with E-state index in [1.807, 2.05) is 6.92 Å². The van der Waals surface area contributed by atoms with Gasteiger partial charge < -0.3 is 20.5 Å². The maximum atomic E-state index is 8.71. The van der Waals surface area contributed by atoms with Gasteiger partial charge in [0.05, 0.1) is 6.61 Å². The second-order valence-electron chi connectivity index (χ2n) is 3.73. The Morgan fingerprint density at radius 2 is 1.89 bits per heavy atom. The predicted octanol–water partition coefficient (Wildman–Crippen LogP) is 1.36. The third-order valence-electron chi connectivity index (χ3n) is 2.11. The van der Waals surface area contributed by atoms with Crippen LogP contribution in [0.1, 0.15) is 33.1 Å². The lowest BCUT2D eigenvalue weighted by molar-refractivity contribution is 0.130. The van der Waals surface area contributed by atoms with E-state index >= 15 is 0 Å². The van der Waals surface area contributed by atoms with Crippen molar-refractivity contribution in [3.8, 4) is 0 Å². The first kappa shape index (κ1) is 20.2. The highest BCUT2D eigenvalue weighted by atomic mass is 127. The van der Waals surface area contributed by atoms with Crippen molar-refractivity contribution in [1.29, 1.82) is 0 Å². The first-order valence-electron chi connectivity index (χ1n) is 6.55. The molecule has 0 aliphatic heterocycles. The fourth-order valence-corrected chi connectivity index (χ4v) is 1.22. The van der Waals surface area contributed by atoms with E-state index in [-0.39, 0.29) is 30.6 Å². The van der Waals surface area contributed by atoms with Gasteiger partial charge in [0.25, 0.3) is 0 Å². The molecule has 0 bridgehead atoms. The third-order valence-corrected chi connectivity index (χ3v) is 2.11. The van der Waals surface area contributed by atoms with E-state index in [0.717, 1.165) is 45.1 Å². The van der Waals surface area contributed by atoms with Crippen molar-refractivity contribution >= 4 is 29.9 Å². The molecule has 0 saturated heterocycles. The molecule has 0 aromatic carbocycles. The molecule has 0 aromatic heterocycles. The number of hydrogen-bond donors (Lipinski definition) is 3. The van der Waals surface area contributed by atoms with Crippen LogP contribution in [0.25, 0.3) is 0 Å². The summed E-state index contributed by atoms with van der Waals surface area (Å²) in [6, 6.07) is 0. The summed E-state index contributed by atoms with van der Waals surface area (Å²) in [6.45, 7) is 8.00. The SMILES string of the molecule is CCCCOCCCN=C(NCC)NCCO.I. The molecule has 0 rings (SSSR count). The van der Waals surface area contributed by atoms with Crippen molar-refractivity contribution in [2.24, 2.45) is 4.99 Å². The van der Waals surface area contributed by atoms with Crippen LogP contribution in [0, 0.1) is 0 Å². The second-order valence-corrected chi connectivity index (χ2v) is 3.73. The van der Waals surface area contributed by atoms with Gasteiger partial charge >= 0.3 is 0 Å². The Morgan fingerprint density at radius 1 is 1.17 bits per heavy atom. The smallest absolute Gasteiger partial charge is 0.191 e. The summed E-state index contributed by atoms with van der Waals surface area (Å²) in [4.78, 5) is 4.37. The molecule has 0 fully saturated rings. The lowest BCUT2D eigenvalue weighted by atomic mass is 10.4. The van der Waals surface area contributed by atoms with Gasteiger partial charge in [-0.15, -0.1) is 24.0 Å². The van der Waals surface area contributed by atoms with Gasteiger partial charge in [-0.3, -0.25) is 4.99 Å². The fraction of sp³-hybridized carbons (Fsp3) is 0.917. The zero-order chi connectivity index (χ0) is 12.8. The molecule has 0 unspecified atom stereocenters. The zero-order valence-electron chi connectivity index (χ0n) is 11.6. The number of ether oxygens (including phenoxy) is 1. The molecule has 18 heavy (non-hydrogen) atoms. The summed E-state index contributed by atoms with van der Waals surface area (Å²) < 4.78 is 5.45. The van der Waals surface area contributed by atoms with E-state index in [0.29, 0.717) is 6.54 Å². The normalized spacial score (nSPS) is 10.9. The van der Waals surface area contributed by atoms with Crippen LogP contribution >= 0.6 is 24.0 Å². The Labute approximate surface area is 128 Å². The number of hydrogen-bond acceptors (Lipinski definition) is 3. The van der Waals surface area contributed by atoms with Crippen molar-refractivity contribution in [3.63, 3.8) is 0 Å². The van der Waals surface area contributed by atoms with Crippen molar-refractivity contribution in [1.82, 2.24) is 10.6 Å². The van der Waals surface area contributed by atoms with Gasteiger partial charge in [0.2, 0.25) is 0 Å². The summed E-state index contributed by atoms with van der Waals surface area (Å²) in [5.74, 6) is 0.759. The summed E-state index contributed by atoms with van der Waals surface area (Å²) >= 11 is 0. The van der Waals surface area contributed by atoms with Crippen LogP contribution in [0.15, 0.2) is 4.99 Å². The predicted molar refractivity (Wildman–Crippen MR) is 86.8 cm³/mol. The van der Waals surface area contributed by atoms with Crippen LogP contribution in [0.3, 0.4) is 0 Å². The molecule has 110 valence electrons. The van der Waals surface area contributed by atoms with Gasteiger partial charge in [-0.25, -0.2) is 0 Å². The minimum absolute atomic E-state index is 0. The molecule has 0 atom stereocenters. The largest absolute Gasteiger partial charge is 0.395 e. The Hall–Kier alpha value is -0.0800. The molecule has 6 heteroatoms. The van der Waals surface area contributed by atoms with Gasteiger partial charge in [0.1, 0.15) is 0 Å². The first-order valence-corrected chi connectivity index (χ1v) is 6.55. The van der Waals surface area contributed by atoms with Gasteiger partial charge in [0.15, 0.2) is 5.96 Å². The minimum Gasteiger partial charge on any atom is -0.395 e. The van der Waals surface area contributed by atoms with Crippen LogP contribution in [-0.4, -0.2) is 50.5 Å². The summed E-state index contributed by atoms with van der Waals surface area (Å²) in [7, 11) is 0. The molecule has 0 aliphatic carbocycles. The average molecular weight is 373 g/mol. The molecule has 0 radical (unpaired) electrons. The molecule has 5 nitrogen and oxygen atoms in total. The molecule has 0 heterocycles. The zero-order valence-corrected chi connectivity index (χ0v) is 13.9. The van der Waals surface area contributed by atoms with Crippen LogP contribution in [0.4, 0.5) is 0 Å². The maximum absolute atomic E-state index is 8.71. The van der Waals surface area contributed by atoms with Gasteiger partial charge in [-0.05, 0) is 19.8 Å². The van der Waals surface area contributed by atoms with Crippen molar-refractivity contribution < 1.29 is 9.84 Å². The van der Waals surface area contributed by atoms with Gasteiger partial charge in [0, 0.05) is 32.8 Å². The standard InChI is InChI=1S/C12H27N3O2.HI/c1-3-5-10-17-11-6-7-14-12(13-4-2)15-8-9-16;/h16H,3-11H2,1-2H3,(H2,13,14,15);1H. The molecular formula is C12H28IN3O2. The average Bonchev–Trinajstić information content (AvgIpc) is 2.34. The third kappa shape index (κ3) is 14.0. The van der Waals surface area contributed by atoms with E-state index in [9.17, 15) is 0 Å². The highest BCUT2D eigenvalue weighted by Gasteiger charge is 1.95. The molecule has 0 aromatic rings. The Morgan fingerprint density at radius 3 is 2.50 bits per heavy atom. The second kappa shape index (κ2) is 16.9. The Bertz CT molecular complexity index is 192. The minimum atomic E-state index is 0. The number of unbranched alkanes of at least 4 members (excludes halogenated alkanes) is 1. The van der Waals surface area contributed by atoms with E-state index in [2.05, 4.69) is 22.5 Å². The molecule has 0 aliphatic rings. The van der Waals surface area contributed by atoms with Crippen LogP contribution in [-0.2, 0) is 4.74 Å². The Kier molecular flexibility index (Phi) is 19.0. The van der Waals surface area contributed by atoms with Crippen molar-refractivity contribution in [3.05, 3.63) is 0 Å². The van der Waals surface area contributed by atoms with Gasteiger partial charge in [-0.1, -0.05) is 13.3 Å². The quantitative estimate of drug-likeness (QED) is 0.234. The topological polar surface area (TPSA) is 65.9 Å². The van der Waals surface area contributed by atoms with E-state index < -0.39 is 0 Å². The summed E-state index contributed by atoms with van der Waals surface area (Å²) in [5, 5.41) is 14.9. The van der Waals surface area contributed by atoms with Crippen LogP contribution < -0.4 is 10.6 Å². The molecule has 0 saturated carbocycles. The number of aliphatic imine (C=N–C) groups is 1. The van der Waals surface area contributed by atoms with E-state index in [4.69, 9.17) is 9.84 Å². The number of aliphatic hydroxyl groups is 1. The van der Waals surface area contributed by atoms with E-state index in [1.165, 1.54) is 6.42 Å². The number of rotatable bonds is 10. The summed E-state index contributed by atoms with van der Waals surface area (Å²) in [5.41, 5.74) is 0.